The van der Waals surface area contributed by atoms with Crippen molar-refractivity contribution in [3.05, 3.63) is 22.4 Å². The Morgan fingerprint density at radius 3 is 2.74 bits per heavy atom. The van der Waals surface area contributed by atoms with Crippen molar-refractivity contribution in [1.29, 1.82) is 0 Å². The lowest BCUT2D eigenvalue weighted by Gasteiger charge is -2.38. The largest absolute Gasteiger partial charge is 0.396 e. The Hall–Kier alpha value is -0.910. The van der Waals surface area contributed by atoms with Gasteiger partial charge in [0.25, 0.3) is 0 Å². The van der Waals surface area contributed by atoms with Crippen LogP contribution < -0.4 is 0 Å². The van der Waals surface area contributed by atoms with Crippen LogP contribution in [-0.4, -0.2) is 49.3 Å². The Balaban J connectivity index is 1.83. The Labute approximate surface area is 142 Å². The lowest BCUT2D eigenvalue weighted by atomic mass is 9.72. The van der Waals surface area contributed by atoms with Gasteiger partial charge in [-0.1, -0.05) is 25.3 Å². The molecule has 0 aromatic carbocycles. The molecule has 1 aromatic rings. The molecular weight excluding hydrogens is 310 g/mol. The van der Waals surface area contributed by atoms with E-state index in [1.807, 2.05) is 4.90 Å². The summed E-state index contributed by atoms with van der Waals surface area (Å²) in [5, 5.41) is 11.9. The fourth-order valence-electron chi connectivity index (χ4n) is 4.28. The number of aliphatic hydroxyl groups excluding tert-OH is 1. The SMILES string of the molecule is COCC1(CO)CCN(C(=O)C2(c3cccs3)CCCCC2)C1. The molecule has 1 amide bonds. The maximum Gasteiger partial charge on any atom is 0.234 e. The van der Waals surface area contributed by atoms with E-state index in [9.17, 15) is 9.90 Å². The van der Waals surface area contributed by atoms with Crippen LogP contribution in [0.3, 0.4) is 0 Å². The molecule has 3 rings (SSSR count). The summed E-state index contributed by atoms with van der Waals surface area (Å²) in [6, 6.07) is 4.18. The van der Waals surface area contributed by atoms with Crippen LogP contribution in [-0.2, 0) is 14.9 Å². The van der Waals surface area contributed by atoms with E-state index >= 15 is 0 Å². The third-order valence-electron chi connectivity index (χ3n) is 5.62. The predicted octanol–water partition coefficient (Wildman–Crippen LogP) is 2.81. The van der Waals surface area contributed by atoms with Crippen molar-refractivity contribution in [2.75, 3.05) is 33.4 Å². The lowest BCUT2D eigenvalue weighted by Crippen LogP contribution is -2.48. The molecule has 4 nitrogen and oxygen atoms in total. The first-order valence-electron chi connectivity index (χ1n) is 8.59. The molecule has 1 saturated carbocycles. The molecule has 0 spiro atoms. The molecule has 23 heavy (non-hydrogen) atoms. The minimum absolute atomic E-state index is 0.0800. The number of carbonyl (C=O) groups excluding carboxylic acids is 1. The Morgan fingerprint density at radius 2 is 2.13 bits per heavy atom. The third-order valence-corrected chi connectivity index (χ3v) is 6.69. The molecule has 1 atom stereocenters. The highest BCUT2D eigenvalue weighted by atomic mass is 32.1. The highest BCUT2D eigenvalue weighted by molar-refractivity contribution is 7.10. The third kappa shape index (κ3) is 3.06. The van der Waals surface area contributed by atoms with Gasteiger partial charge in [0.2, 0.25) is 5.91 Å². The van der Waals surface area contributed by atoms with Crippen LogP contribution in [0.2, 0.25) is 0 Å². The number of hydrogen-bond acceptors (Lipinski definition) is 4. The molecule has 1 N–H and O–H groups in total. The molecule has 0 bridgehead atoms. The Morgan fingerprint density at radius 1 is 1.35 bits per heavy atom. The maximum atomic E-state index is 13.4. The van der Waals surface area contributed by atoms with Crippen LogP contribution in [0.5, 0.6) is 0 Å². The molecule has 2 fully saturated rings. The number of likely N-dealkylation sites (tertiary alicyclic amines) is 1. The van der Waals surface area contributed by atoms with E-state index in [1.54, 1.807) is 18.4 Å². The average Bonchev–Trinajstić information content (AvgIpc) is 3.26. The van der Waals surface area contributed by atoms with Crippen molar-refractivity contribution in [3.8, 4) is 0 Å². The number of amides is 1. The summed E-state index contributed by atoms with van der Waals surface area (Å²) >= 11 is 1.71. The Bertz CT molecular complexity index is 524. The van der Waals surface area contributed by atoms with Gasteiger partial charge in [-0.05, 0) is 30.7 Å². The number of methoxy groups -OCH3 is 1. The van der Waals surface area contributed by atoms with E-state index in [1.165, 1.54) is 11.3 Å². The number of nitrogens with zero attached hydrogens (tertiary/aromatic N) is 1. The molecule has 2 heterocycles. The van der Waals surface area contributed by atoms with Gasteiger partial charge in [-0.25, -0.2) is 0 Å². The van der Waals surface area contributed by atoms with Crippen LogP contribution in [0, 0.1) is 5.41 Å². The minimum atomic E-state index is -0.328. The molecule has 1 aliphatic heterocycles. The van der Waals surface area contributed by atoms with Crippen LogP contribution >= 0.6 is 11.3 Å². The van der Waals surface area contributed by atoms with Crippen molar-refractivity contribution in [2.45, 2.75) is 43.9 Å². The molecule has 5 heteroatoms. The van der Waals surface area contributed by atoms with Crippen molar-refractivity contribution in [3.63, 3.8) is 0 Å². The van der Waals surface area contributed by atoms with Crippen molar-refractivity contribution in [1.82, 2.24) is 4.90 Å². The van der Waals surface area contributed by atoms with Gasteiger partial charge in [0.15, 0.2) is 0 Å². The maximum absolute atomic E-state index is 13.4. The predicted molar refractivity (Wildman–Crippen MR) is 91.7 cm³/mol. The zero-order valence-corrected chi connectivity index (χ0v) is 14.7. The second-order valence-electron chi connectivity index (χ2n) is 7.19. The van der Waals surface area contributed by atoms with Crippen molar-refractivity contribution in [2.24, 2.45) is 5.41 Å². The summed E-state index contributed by atoms with van der Waals surface area (Å²) < 4.78 is 5.30. The normalized spacial score (nSPS) is 27.3. The average molecular weight is 337 g/mol. The van der Waals surface area contributed by atoms with Crippen LogP contribution in [0.25, 0.3) is 0 Å². The first kappa shape index (κ1) is 16.9. The summed E-state index contributed by atoms with van der Waals surface area (Å²) in [7, 11) is 1.66. The number of ether oxygens (including phenoxy) is 1. The highest BCUT2D eigenvalue weighted by Crippen LogP contribution is 2.44. The number of thiophene rings is 1. The monoisotopic (exact) mass is 337 g/mol. The summed E-state index contributed by atoms with van der Waals surface area (Å²) in [4.78, 5) is 16.6. The summed E-state index contributed by atoms with van der Waals surface area (Å²) in [5.41, 5.74) is -0.610. The first-order valence-corrected chi connectivity index (χ1v) is 9.47. The smallest absolute Gasteiger partial charge is 0.234 e. The lowest BCUT2D eigenvalue weighted by molar-refractivity contribution is -0.138. The van der Waals surface area contributed by atoms with E-state index < -0.39 is 0 Å². The highest BCUT2D eigenvalue weighted by Gasteiger charge is 2.48. The number of rotatable bonds is 5. The standard InChI is InChI=1S/C18H27NO3S/c1-22-14-17(13-20)9-10-19(12-17)16(21)18(7-3-2-4-8-18)15-6-5-11-23-15/h5-6,11,20H,2-4,7-10,12-14H2,1H3. The van der Waals surface area contributed by atoms with Crippen LogP contribution in [0.4, 0.5) is 0 Å². The number of aliphatic hydroxyl groups is 1. The van der Waals surface area contributed by atoms with Gasteiger partial charge >= 0.3 is 0 Å². The molecule has 1 saturated heterocycles. The fourth-order valence-corrected chi connectivity index (χ4v) is 5.26. The number of hydrogen-bond donors (Lipinski definition) is 1. The quantitative estimate of drug-likeness (QED) is 0.899. The van der Waals surface area contributed by atoms with E-state index in [-0.39, 0.29) is 23.3 Å². The van der Waals surface area contributed by atoms with Gasteiger partial charge in [-0.2, -0.15) is 0 Å². The summed E-state index contributed by atoms with van der Waals surface area (Å²) in [6.07, 6.45) is 6.22. The van der Waals surface area contributed by atoms with Gasteiger partial charge in [0.1, 0.15) is 0 Å². The van der Waals surface area contributed by atoms with E-state index in [4.69, 9.17) is 4.74 Å². The molecule has 1 unspecified atom stereocenters. The van der Waals surface area contributed by atoms with Crippen molar-refractivity contribution >= 4 is 17.2 Å². The topological polar surface area (TPSA) is 49.8 Å². The van der Waals surface area contributed by atoms with Crippen LogP contribution in [0.1, 0.15) is 43.4 Å². The van der Waals surface area contributed by atoms with Crippen LogP contribution in [0.15, 0.2) is 17.5 Å². The van der Waals surface area contributed by atoms with E-state index in [0.717, 1.165) is 38.6 Å². The van der Waals surface area contributed by atoms with E-state index in [2.05, 4.69) is 17.5 Å². The van der Waals surface area contributed by atoms with Crippen molar-refractivity contribution < 1.29 is 14.6 Å². The summed E-state index contributed by atoms with van der Waals surface area (Å²) in [6.45, 7) is 1.94. The Kier molecular flexibility index (Phi) is 5.09. The zero-order valence-electron chi connectivity index (χ0n) is 13.9. The number of carbonyl (C=O) groups is 1. The van der Waals surface area contributed by atoms with Gasteiger partial charge in [-0.15, -0.1) is 11.3 Å². The second kappa shape index (κ2) is 6.91. The fraction of sp³-hybridized carbons (Fsp3) is 0.722. The van der Waals surface area contributed by atoms with Gasteiger partial charge in [-0.3, -0.25) is 4.79 Å². The minimum Gasteiger partial charge on any atom is -0.396 e. The van der Waals surface area contributed by atoms with Gasteiger partial charge in [0, 0.05) is 30.5 Å². The molecular formula is C18H27NO3S. The molecule has 1 aliphatic carbocycles. The molecule has 0 radical (unpaired) electrons. The summed E-state index contributed by atoms with van der Waals surface area (Å²) in [5.74, 6) is 0.270. The zero-order chi connectivity index (χ0) is 16.3. The molecule has 1 aromatic heterocycles. The van der Waals surface area contributed by atoms with Gasteiger partial charge < -0.3 is 14.7 Å². The van der Waals surface area contributed by atoms with E-state index in [0.29, 0.717) is 13.2 Å². The first-order chi connectivity index (χ1) is 11.2. The van der Waals surface area contributed by atoms with Gasteiger partial charge in [0.05, 0.1) is 18.6 Å². The molecule has 128 valence electrons. The second-order valence-corrected chi connectivity index (χ2v) is 8.14. The molecule has 2 aliphatic rings.